The first-order valence-corrected chi connectivity index (χ1v) is 9.73. The number of carbonyl (C=O) groups excluding carboxylic acids is 1. The summed E-state index contributed by atoms with van der Waals surface area (Å²) in [4.78, 5) is 23.5. The number of terminal acetylenes is 1. The molecule has 0 aliphatic carbocycles. The summed E-state index contributed by atoms with van der Waals surface area (Å²) in [5.74, 6) is 1.67. The van der Waals surface area contributed by atoms with Crippen LogP contribution in [0.3, 0.4) is 0 Å². The molecule has 4 rings (SSSR count). The fourth-order valence-electron chi connectivity index (χ4n) is 3.56. The largest absolute Gasteiger partial charge is 0.383 e. The molecule has 1 aromatic carbocycles. The molecule has 0 saturated carbocycles. The first kappa shape index (κ1) is 20.3. The smallest absolute Gasteiger partial charge is 0.257 e. The van der Waals surface area contributed by atoms with Crippen molar-refractivity contribution >= 4 is 33.5 Å². The van der Waals surface area contributed by atoms with Crippen LogP contribution < -0.4 is 5.73 Å². The van der Waals surface area contributed by atoms with Crippen LogP contribution in [-0.2, 0) is 13.6 Å². The van der Waals surface area contributed by atoms with Crippen LogP contribution in [0.15, 0.2) is 36.7 Å². The van der Waals surface area contributed by atoms with Gasteiger partial charge in [0.05, 0.1) is 40.4 Å². The molecule has 2 N–H and O–H groups in total. The molecule has 8 heteroatoms. The van der Waals surface area contributed by atoms with Gasteiger partial charge in [0.2, 0.25) is 0 Å². The summed E-state index contributed by atoms with van der Waals surface area (Å²) in [7, 11) is 1.76. The molecule has 3 aromatic heterocycles. The Kier molecular flexibility index (Phi) is 5.03. The van der Waals surface area contributed by atoms with Gasteiger partial charge in [-0.2, -0.15) is 5.10 Å². The van der Waals surface area contributed by atoms with E-state index in [1.165, 1.54) is 12.1 Å². The number of benzene rings is 1. The molecule has 0 atom stereocenters. The van der Waals surface area contributed by atoms with Crippen molar-refractivity contribution in [2.45, 2.75) is 26.4 Å². The molecule has 0 radical (unpaired) electrons. The number of anilines is 1. The van der Waals surface area contributed by atoms with E-state index in [-0.39, 0.29) is 24.0 Å². The Balaban J connectivity index is 1.79. The number of nitrogen functional groups attached to an aromatic ring is 1. The van der Waals surface area contributed by atoms with Gasteiger partial charge in [0, 0.05) is 36.3 Å². The fraction of sp³-hybridized carbons (Fsp3) is 0.217. The monoisotopic (exact) mass is 416 g/mol. The summed E-state index contributed by atoms with van der Waals surface area (Å²) >= 11 is 0. The molecular formula is C23H21FN6O. The number of pyridine rings is 2. The van der Waals surface area contributed by atoms with Gasteiger partial charge in [-0.25, -0.2) is 9.37 Å². The molecule has 0 fully saturated rings. The van der Waals surface area contributed by atoms with Gasteiger partial charge in [0.15, 0.2) is 0 Å². The van der Waals surface area contributed by atoms with Crippen LogP contribution in [0.2, 0.25) is 0 Å². The Hall–Kier alpha value is -3.99. The summed E-state index contributed by atoms with van der Waals surface area (Å²) in [6.45, 7) is 3.96. The average molecular weight is 416 g/mol. The van der Waals surface area contributed by atoms with Gasteiger partial charge >= 0.3 is 0 Å². The minimum Gasteiger partial charge on any atom is -0.383 e. The Labute approximate surface area is 178 Å². The number of hydrogen-bond donors (Lipinski definition) is 1. The van der Waals surface area contributed by atoms with Gasteiger partial charge < -0.3 is 10.6 Å². The summed E-state index contributed by atoms with van der Waals surface area (Å²) < 4.78 is 16.6. The fourth-order valence-corrected chi connectivity index (χ4v) is 3.56. The van der Waals surface area contributed by atoms with Crippen LogP contribution >= 0.6 is 0 Å². The van der Waals surface area contributed by atoms with Gasteiger partial charge in [-0.15, -0.1) is 6.42 Å². The van der Waals surface area contributed by atoms with Gasteiger partial charge in [-0.3, -0.25) is 14.5 Å². The average Bonchev–Trinajstić information content (AvgIpc) is 3.14. The quantitative estimate of drug-likeness (QED) is 0.516. The highest BCUT2D eigenvalue weighted by Crippen LogP contribution is 2.30. The van der Waals surface area contributed by atoms with Crippen molar-refractivity contribution in [2.24, 2.45) is 7.05 Å². The molecule has 3 heterocycles. The molecule has 1 amide bonds. The molecule has 4 aromatic rings. The second-order valence-corrected chi connectivity index (χ2v) is 7.59. The van der Waals surface area contributed by atoms with E-state index < -0.39 is 11.7 Å². The van der Waals surface area contributed by atoms with Gasteiger partial charge in [0.1, 0.15) is 11.6 Å². The minimum absolute atomic E-state index is 0.0458. The standard InChI is InChI=1S/C23H21FN6O/c1-5-14-6-7-15(26-10-14)12-30(13(2)3)23(31)16-8-17-20(9-19(16)24)28-22(25)18-11-27-29(4)21(17)18/h1,6-11,13H,12H2,2-4H3,(H2,25,28). The normalized spacial score (nSPS) is 11.2. The molecule has 0 unspecified atom stereocenters. The first-order valence-electron chi connectivity index (χ1n) is 9.73. The highest BCUT2D eigenvalue weighted by molar-refractivity contribution is 6.10. The summed E-state index contributed by atoms with van der Waals surface area (Å²) in [5, 5.41) is 5.48. The number of fused-ring (bicyclic) bond motifs is 3. The van der Waals surface area contributed by atoms with Crippen LogP contribution in [0, 0.1) is 18.2 Å². The molecule has 0 spiro atoms. The van der Waals surface area contributed by atoms with Crippen molar-refractivity contribution in [3.8, 4) is 12.3 Å². The second kappa shape index (κ2) is 7.69. The number of nitrogens with two attached hydrogens (primary N) is 1. The van der Waals surface area contributed by atoms with Gasteiger partial charge in [-0.1, -0.05) is 5.92 Å². The maximum Gasteiger partial charge on any atom is 0.257 e. The molecule has 156 valence electrons. The predicted molar refractivity (Wildman–Crippen MR) is 118 cm³/mol. The lowest BCUT2D eigenvalue weighted by Gasteiger charge is -2.27. The van der Waals surface area contributed by atoms with Crippen molar-refractivity contribution in [1.82, 2.24) is 24.6 Å². The van der Waals surface area contributed by atoms with E-state index in [1.807, 2.05) is 13.8 Å². The van der Waals surface area contributed by atoms with Crippen molar-refractivity contribution in [1.29, 1.82) is 0 Å². The third kappa shape index (κ3) is 3.55. The van der Waals surface area contributed by atoms with Crippen molar-refractivity contribution in [3.05, 3.63) is 59.3 Å². The van der Waals surface area contributed by atoms with Crippen LogP contribution in [0.25, 0.3) is 21.8 Å². The molecule has 0 saturated heterocycles. The van der Waals surface area contributed by atoms with E-state index in [2.05, 4.69) is 21.0 Å². The van der Waals surface area contributed by atoms with E-state index in [4.69, 9.17) is 12.2 Å². The maximum absolute atomic E-state index is 15.0. The zero-order valence-corrected chi connectivity index (χ0v) is 17.4. The van der Waals surface area contributed by atoms with E-state index >= 15 is 4.39 Å². The highest BCUT2D eigenvalue weighted by atomic mass is 19.1. The Morgan fingerprint density at radius 1 is 1.29 bits per heavy atom. The number of amides is 1. The Bertz CT molecular complexity index is 1350. The van der Waals surface area contributed by atoms with E-state index in [9.17, 15) is 4.79 Å². The third-order valence-electron chi connectivity index (χ3n) is 5.23. The predicted octanol–water partition coefficient (Wildman–Crippen LogP) is 3.27. The zero-order valence-electron chi connectivity index (χ0n) is 17.4. The number of rotatable bonds is 4. The van der Waals surface area contributed by atoms with Crippen molar-refractivity contribution in [3.63, 3.8) is 0 Å². The maximum atomic E-state index is 15.0. The number of aryl methyl sites for hydroxylation is 1. The van der Waals surface area contributed by atoms with Crippen molar-refractivity contribution in [2.75, 3.05) is 5.73 Å². The molecule has 0 aliphatic heterocycles. The molecule has 31 heavy (non-hydrogen) atoms. The topological polar surface area (TPSA) is 89.9 Å². The lowest BCUT2D eigenvalue weighted by atomic mass is 10.1. The summed E-state index contributed by atoms with van der Waals surface area (Å²) in [5.41, 5.74) is 8.32. The van der Waals surface area contributed by atoms with Crippen LogP contribution in [0.1, 0.15) is 35.5 Å². The number of aromatic nitrogens is 4. The lowest BCUT2D eigenvalue weighted by molar-refractivity contribution is 0.0683. The lowest BCUT2D eigenvalue weighted by Crippen LogP contribution is -2.37. The van der Waals surface area contributed by atoms with Crippen LogP contribution in [0.5, 0.6) is 0 Å². The molecule has 0 aliphatic rings. The minimum atomic E-state index is -0.660. The van der Waals surface area contributed by atoms with Gasteiger partial charge in [-0.05, 0) is 32.0 Å². The number of hydrogen-bond acceptors (Lipinski definition) is 5. The number of nitrogens with zero attached hydrogens (tertiary/aromatic N) is 5. The Morgan fingerprint density at radius 3 is 2.71 bits per heavy atom. The Morgan fingerprint density at radius 2 is 2.06 bits per heavy atom. The molecule has 7 nitrogen and oxygen atoms in total. The summed E-state index contributed by atoms with van der Waals surface area (Å²) in [6.07, 6.45) is 8.55. The summed E-state index contributed by atoms with van der Waals surface area (Å²) in [6, 6.07) is 6.10. The second-order valence-electron chi connectivity index (χ2n) is 7.59. The highest BCUT2D eigenvalue weighted by Gasteiger charge is 2.24. The van der Waals surface area contributed by atoms with E-state index in [0.29, 0.717) is 33.1 Å². The SMILES string of the molecule is C#Cc1ccc(CN(C(=O)c2cc3c(cc2F)nc(N)c2cnn(C)c23)C(C)C)nc1. The van der Waals surface area contributed by atoms with Crippen LogP contribution in [0.4, 0.5) is 10.2 Å². The van der Waals surface area contributed by atoms with Crippen LogP contribution in [-0.4, -0.2) is 36.6 Å². The van der Waals surface area contributed by atoms with E-state index in [0.717, 1.165) is 0 Å². The molecule has 0 bridgehead atoms. The first-order chi connectivity index (χ1) is 14.8. The van der Waals surface area contributed by atoms with E-state index in [1.54, 1.807) is 41.2 Å². The number of halogens is 1. The number of carbonyl (C=O) groups is 1. The molecular weight excluding hydrogens is 395 g/mol. The van der Waals surface area contributed by atoms with Gasteiger partial charge in [0.25, 0.3) is 5.91 Å². The van der Waals surface area contributed by atoms with Crippen molar-refractivity contribution < 1.29 is 9.18 Å². The zero-order chi connectivity index (χ0) is 22.3. The third-order valence-corrected chi connectivity index (χ3v) is 5.23.